The molecule has 0 bridgehead atoms. The van der Waals surface area contributed by atoms with Gasteiger partial charge in [0.1, 0.15) is 5.82 Å². The predicted octanol–water partition coefficient (Wildman–Crippen LogP) is 1.80. The smallest absolute Gasteiger partial charge is 0.317 e. The number of aryl methyl sites for hydroxylation is 1. The van der Waals surface area contributed by atoms with Crippen molar-refractivity contribution in [3.8, 4) is 0 Å². The second-order valence-electron chi connectivity index (χ2n) is 6.73. The fraction of sp³-hybridized carbons (Fsp3) is 0.733. The number of hydrogen-bond donors (Lipinski definition) is 1. The van der Waals surface area contributed by atoms with E-state index >= 15 is 0 Å². The number of carbonyl (C=O) groups excluding carboxylic acids is 1. The van der Waals surface area contributed by atoms with Crippen LogP contribution in [0.4, 0.5) is 4.79 Å². The van der Waals surface area contributed by atoms with Gasteiger partial charge in [-0.05, 0) is 5.92 Å². The zero-order valence-corrected chi connectivity index (χ0v) is 13.6. The highest BCUT2D eigenvalue weighted by atomic mass is 16.5. The molecule has 1 saturated heterocycles. The molecular formula is C15H26N4O2. The van der Waals surface area contributed by atoms with Crippen LogP contribution in [0.3, 0.4) is 0 Å². The van der Waals surface area contributed by atoms with Crippen LogP contribution >= 0.6 is 0 Å². The minimum absolute atomic E-state index is 0.0650. The molecule has 0 saturated carbocycles. The standard InChI is InChI=1S/C15H26N4O2/c1-11(2)12(13-16-6-7-18(13)4)17-14(20)19(5)8-15(3)9-21-10-15/h6-7,11-12H,8-10H2,1-5H3,(H,17,20). The van der Waals surface area contributed by atoms with Crippen LogP contribution in [0.15, 0.2) is 12.4 Å². The third-order valence-electron chi connectivity index (χ3n) is 3.95. The molecule has 118 valence electrons. The average Bonchev–Trinajstić information content (AvgIpc) is 2.79. The summed E-state index contributed by atoms with van der Waals surface area (Å²) in [7, 11) is 3.77. The Morgan fingerprint density at radius 3 is 2.67 bits per heavy atom. The van der Waals surface area contributed by atoms with Gasteiger partial charge in [0.05, 0.1) is 19.3 Å². The first-order valence-corrected chi connectivity index (χ1v) is 7.39. The number of hydrogen-bond acceptors (Lipinski definition) is 3. The maximum Gasteiger partial charge on any atom is 0.317 e. The van der Waals surface area contributed by atoms with Crippen LogP contribution < -0.4 is 5.32 Å². The number of rotatable bonds is 5. The summed E-state index contributed by atoms with van der Waals surface area (Å²) >= 11 is 0. The van der Waals surface area contributed by atoms with Crippen LogP contribution in [0, 0.1) is 11.3 Å². The van der Waals surface area contributed by atoms with Gasteiger partial charge < -0.3 is 19.5 Å². The molecular weight excluding hydrogens is 268 g/mol. The number of ether oxygens (including phenoxy) is 1. The van der Waals surface area contributed by atoms with Gasteiger partial charge in [-0.2, -0.15) is 0 Å². The lowest BCUT2D eigenvalue weighted by Gasteiger charge is -2.41. The van der Waals surface area contributed by atoms with Crippen molar-refractivity contribution in [1.82, 2.24) is 19.8 Å². The van der Waals surface area contributed by atoms with Crippen LogP contribution in [-0.4, -0.2) is 47.3 Å². The molecule has 0 spiro atoms. The summed E-state index contributed by atoms with van der Waals surface area (Å²) in [6.45, 7) is 8.44. The van der Waals surface area contributed by atoms with Crippen LogP contribution in [-0.2, 0) is 11.8 Å². The third-order valence-corrected chi connectivity index (χ3v) is 3.95. The molecule has 2 amide bonds. The first kappa shape index (κ1) is 15.8. The summed E-state index contributed by atoms with van der Waals surface area (Å²) in [5.41, 5.74) is 0.0860. The van der Waals surface area contributed by atoms with E-state index in [9.17, 15) is 4.79 Å². The number of imidazole rings is 1. The van der Waals surface area contributed by atoms with Gasteiger partial charge in [-0.15, -0.1) is 0 Å². The molecule has 1 aliphatic rings. The Labute approximate surface area is 126 Å². The summed E-state index contributed by atoms with van der Waals surface area (Å²) in [6.07, 6.45) is 3.65. The summed E-state index contributed by atoms with van der Waals surface area (Å²) < 4.78 is 7.19. The second kappa shape index (κ2) is 6.05. The Balaban J connectivity index is 2.00. The largest absolute Gasteiger partial charge is 0.380 e. The molecule has 1 aliphatic heterocycles. The molecule has 21 heavy (non-hydrogen) atoms. The summed E-state index contributed by atoms with van der Waals surface area (Å²) in [4.78, 5) is 18.5. The van der Waals surface area contributed by atoms with E-state index in [1.807, 2.05) is 24.9 Å². The van der Waals surface area contributed by atoms with E-state index in [4.69, 9.17) is 4.74 Å². The number of urea groups is 1. The zero-order valence-electron chi connectivity index (χ0n) is 13.6. The van der Waals surface area contributed by atoms with Crippen molar-refractivity contribution < 1.29 is 9.53 Å². The number of aromatic nitrogens is 2. The van der Waals surface area contributed by atoms with Gasteiger partial charge in [-0.3, -0.25) is 0 Å². The van der Waals surface area contributed by atoms with Gasteiger partial charge in [0.25, 0.3) is 0 Å². The summed E-state index contributed by atoms with van der Waals surface area (Å²) in [6, 6.07) is -0.157. The number of nitrogens with zero attached hydrogens (tertiary/aromatic N) is 3. The molecule has 1 N–H and O–H groups in total. The molecule has 1 aromatic heterocycles. The van der Waals surface area contributed by atoms with Crippen LogP contribution in [0.25, 0.3) is 0 Å². The van der Waals surface area contributed by atoms with Crippen LogP contribution in [0.1, 0.15) is 32.6 Å². The first-order valence-electron chi connectivity index (χ1n) is 7.39. The summed E-state index contributed by atoms with van der Waals surface area (Å²) in [5, 5.41) is 3.09. The van der Waals surface area contributed by atoms with E-state index in [2.05, 4.69) is 31.1 Å². The second-order valence-corrected chi connectivity index (χ2v) is 6.73. The van der Waals surface area contributed by atoms with E-state index < -0.39 is 0 Å². The molecule has 2 rings (SSSR count). The minimum atomic E-state index is -0.0922. The van der Waals surface area contributed by atoms with Crippen molar-refractivity contribution in [2.45, 2.75) is 26.8 Å². The number of nitrogens with one attached hydrogen (secondary N) is 1. The molecule has 0 radical (unpaired) electrons. The van der Waals surface area contributed by atoms with E-state index in [1.165, 1.54) is 0 Å². The monoisotopic (exact) mass is 294 g/mol. The highest BCUT2D eigenvalue weighted by Crippen LogP contribution is 2.27. The zero-order chi connectivity index (χ0) is 15.6. The highest BCUT2D eigenvalue weighted by molar-refractivity contribution is 5.74. The maximum absolute atomic E-state index is 12.4. The van der Waals surface area contributed by atoms with Crippen molar-refractivity contribution in [2.75, 3.05) is 26.8 Å². The molecule has 2 heterocycles. The van der Waals surface area contributed by atoms with Crippen molar-refractivity contribution in [2.24, 2.45) is 18.4 Å². The highest BCUT2D eigenvalue weighted by Gasteiger charge is 2.36. The fourth-order valence-electron chi connectivity index (χ4n) is 2.64. The topological polar surface area (TPSA) is 59.4 Å². The van der Waals surface area contributed by atoms with Crippen molar-refractivity contribution in [3.05, 3.63) is 18.2 Å². The van der Waals surface area contributed by atoms with Crippen molar-refractivity contribution >= 4 is 6.03 Å². The molecule has 0 aromatic carbocycles. The Kier molecular flexibility index (Phi) is 4.56. The normalized spacial score (nSPS) is 18.2. The Hall–Kier alpha value is -1.56. The van der Waals surface area contributed by atoms with Gasteiger partial charge in [0.15, 0.2) is 0 Å². The third kappa shape index (κ3) is 3.56. The molecule has 0 aliphatic carbocycles. The molecule has 6 nitrogen and oxygen atoms in total. The SMILES string of the molecule is CC(C)C(NC(=O)N(C)CC1(C)COC1)c1nccn1C. The lowest BCUT2D eigenvalue weighted by atomic mass is 9.88. The Bertz CT molecular complexity index is 494. The molecule has 1 atom stereocenters. The molecule has 1 unspecified atom stereocenters. The van der Waals surface area contributed by atoms with E-state index in [0.717, 1.165) is 19.0 Å². The lowest BCUT2D eigenvalue weighted by Crippen LogP contribution is -2.51. The first-order chi connectivity index (χ1) is 9.82. The van der Waals surface area contributed by atoms with E-state index in [-0.39, 0.29) is 23.4 Å². The van der Waals surface area contributed by atoms with Gasteiger partial charge in [-0.25, -0.2) is 9.78 Å². The quantitative estimate of drug-likeness (QED) is 0.901. The maximum atomic E-state index is 12.4. The van der Waals surface area contributed by atoms with Crippen LogP contribution in [0.2, 0.25) is 0 Å². The number of amides is 2. The summed E-state index contributed by atoms with van der Waals surface area (Å²) in [5.74, 6) is 1.15. The van der Waals surface area contributed by atoms with Gasteiger partial charge in [0.2, 0.25) is 0 Å². The van der Waals surface area contributed by atoms with Gasteiger partial charge in [-0.1, -0.05) is 20.8 Å². The minimum Gasteiger partial charge on any atom is -0.380 e. The molecule has 1 fully saturated rings. The van der Waals surface area contributed by atoms with Crippen molar-refractivity contribution in [3.63, 3.8) is 0 Å². The van der Waals surface area contributed by atoms with E-state index in [0.29, 0.717) is 6.54 Å². The van der Waals surface area contributed by atoms with Gasteiger partial charge in [0, 0.05) is 38.4 Å². The number of carbonyl (C=O) groups is 1. The Morgan fingerprint density at radius 1 is 1.57 bits per heavy atom. The average molecular weight is 294 g/mol. The van der Waals surface area contributed by atoms with E-state index in [1.54, 1.807) is 11.1 Å². The Morgan fingerprint density at radius 2 is 2.24 bits per heavy atom. The van der Waals surface area contributed by atoms with Crippen molar-refractivity contribution in [1.29, 1.82) is 0 Å². The van der Waals surface area contributed by atoms with Gasteiger partial charge >= 0.3 is 6.03 Å². The molecule has 6 heteroatoms. The fourth-order valence-corrected chi connectivity index (χ4v) is 2.64. The molecule has 1 aromatic rings. The predicted molar refractivity (Wildman–Crippen MR) is 80.9 cm³/mol. The van der Waals surface area contributed by atoms with Crippen LogP contribution in [0.5, 0.6) is 0 Å². The lowest BCUT2D eigenvalue weighted by molar-refractivity contribution is -0.108.